The third-order valence-electron chi connectivity index (χ3n) is 4.21. The van der Waals surface area contributed by atoms with Gasteiger partial charge in [-0.25, -0.2) is 4.98 Å². The Hall–Kier alpha value is -2.56. The average molecular weight is 422 g/mol. The largest absolute Gasteiger partial charge is 0.433 e. The summed E-state index contributed by atoms with van der Waals surface area (Å²) in [5, 5.41) is 21.5. The van der Waals surface area contributed by atoms with E-state index in [-0.39, 0.29) is 21.9 Å². The molecule has 1 aliphatic carbocycles. The number of rotatable bonds is 4. The molecule has 2 aromatic heterocycles. The monoisotopic (exact) mass is 422 g/mol. The van der Waals surface area contributed by atoms with Gasteiger partial charge >= 0.3 is 6.18 Å². The minimum Gasteiger partial charge on any atom is -0.316 e. The summed E-state index contributed by atoms with van der Waals surface area (Å²) in [6.45, 7) is 1.39. The molecule has 28 heavy (non-hydrogen) atoms. The van der Waals surface area contributed by atoms with Gasteiger partial charge in [0, 0.05) is 4.88 Å². The van der Waals surface area contributed by atoms with Crippen molar-refractivity contribution in [3.63, 3.8) is 0 Å². The number of pyridine rings is 1. The molecular formula is C18H13F3N4OS2. The number of fused-ring (bicyclic) bond motifs is 1. The van der Waals surface area contributed by atoms with Crippen LogP contribution in [0.25, 0.3) is 0 Å². The zero-order valence-electron chi connectivity index (χ0n) is 14.6. The van der Waals surface area contributed by atoms with Crippen LogP contribution in [0.15, 0.2) is 11.1 Å². The zero-order valence-corrected chi connectivity index (χ0v) is 16.2. The summed E-state index contributed by atoms with van der Waals surface area (Å²) in [6.07, 6.45) is -1.98. The number of anilines is 1. The smallest absolute Gasteiger partial charge is 0.316 e. The first-order chi connectivity index (χ1) is 13.2. The van der Waals surface area contributed by atoms with E-state index in [1.165, 1.54) is 18.3 Å². The van der Waals surface area contributed by atoms with Gasteiger partial charge in [0.05, 0.1) is 16.9 Å². The average Bonchev–Trinajstić information content (AvgIpc) is 3.19. The number of carbonyl (C=O) groups is 1. The fourth-order valence-corrected chi connectivity index (χ4v) is 5.05. The number of halogens is 3. The molecular weight excluding hydrogens is 409 g/mol. The third kappa shape index (κ3) is 3.98. The number of nitrogens with one attached hydrogen (secondary N) is 1. The van der Waals surface area contributed by atoms with E-state index in [4.69, 9.17) is 0 Å². The summed E-state index contributed by atoms with van der Waals surface area (Å²) < 4.78 is 38.9. The minimum absolute atomic E-state index is 0.0126. The molecule has 0 bridgehead atoms. The predicted molar refractivity (Wildman–Crippen MR) is 99.1 cm³/mol. The molecule has 0 saturated carbocycles. The number of thiophene rings is 1. The highest BCUT2D eigenvalue weighted by molar-refractivity contribution is 8.00. The molecule has 0 radical (unpaired) electrons. The maximum absolute atomic E-state index is 13.0. The molecule has 0 aliphatic heterocycles. The standard InChI is InChI=1S/C18H13F3N4OS2/c1-9-5-14(18(19,20)21)24-16(11(9)6-22)27-8-15(26)25-17-12(7-23)10-3-2-4-13(10)28-17/h5H,2-4,8H2,1H3,(H,25,26). The second kappa shape index (κ2) is 7.82. The maximum atomic E-state index is 13.0. The molecule has 0 unspecified atom stereocenters. The Morgan fingerprint density at radius 2 is 2.04 bits per heavy atom. The van der Waals surface area contributed by atoms with Crippen molar-refractivity contribution in [1.29, 1.82) is 10.5 Å². The molecule has 144 valence electrons. The van der Waals surface area contributed by atoms with E-state index in [2.05, 4.69) is 16.4 Å². The Morgan fingerprint density at radius 1 is 1.32 bits per heavy atom. The lowest BCUT2D eigenvalue weighted by molar-refractivity contribution is -0.141. The highest BCUT2D eigenvalue weighted by Gasteiger charge is 2.34. The van der Waals surface area contributed by atoms with Crippen molar-refractivity contribution >= 4 is 34.0 Å². The zero-order chi connectivity index (χ0) is 20.5. The summed E-state index contributed by atoms with van der Waals surface area (Å²) in [7, 11) is 0. The topological polar surface area (TPSA) is 89.6 Å². The van der Waals surface area contributed by atoms with Gasteiger partial charge in [-0.15, -0.1) is 11.3 Å². The summed E-state index contributed by atoms with van der Waals surface area (Å²) in [5.74, 6) is -0.697. The predicted octanol–water partition coefficient (Wildman–Crippen LogP) is 4.43. The summed E-state index contributed by atoms with van der Waals surface area (Å²) in [4.78, 5) is 16.9. The number of hydrogen-bond acceptors (Lipinski definition) is 6. The molecule has 3 rings (SSSR count). The van der Waals surface area contributed by atoms with E-state index in [9.17, 15) is 28.5 Å². The van der Waals surface area contributed by atoms with Crippen LogP contribution < -0.4 is 5.32 Å². The number of hydrogen-bond donors (Lipinski definition) is 1. The van der Waals surface area contributed by atoms with Gasteiger partial charge in [0.15, 0.2) is 0 Å². The van der Waals surface area contributed by atoms with E-state index in [0.717, 1.165) is 47.5 Å². The molecule has 2 heterocycles. The van der Waals surface area contributed by atoms with Crippen LogP contribution in [0, 0.1) is 29.6 Å². The number of alkyl halides is 3. The van der Waals surface area contributed by atoms with E-state index < -0.39 is 17.8 Å². The summed E-state index contributed by atoms with van der Waals surface area (Å²) in [5.41, 5.74) is 0.486. The number of aryl methyl sites for hydroxylation is 2. The first-order valence-corrected chi connectivity index (χ1v) is 10.0. The van der Waals surface area contributed by atoms with Crippen LogP contribution in [0.3, 0.4) is 0 Å². The first-order valence-electron chi connectivity index (χ1n) is 8.20. The van der Waals surface area contributed by atoms with Crippen molar-refractivity contribution in [1.82, 2.24) is 4.98 Å². The Morgan fingerprint density at radius 3 is 2.68 bits per heavy atom. The van der Waals surface area contributed by atoms with E-state index in [1.807, 2.05) is 6.07 Å². The summed E-state index contributed by atoms with van der Waals surface area (Å²) >= 11 is 2.12. The quantitative estimate of drug-likeness (QED) is 0.736. The lowest BCUT2D eigenvalue weighted by Gasteiger charge is -2.11. The van der Waals surface area contributed by atoms with Gasteiger partial charge < -0.3 is 5.32 Å². The van der Waals surface area contributed by atoms with E-state index in [1.54, 1.807) is 0 Å². The number of amides is 1. The molecule has 0 atom stereocenters. The van der Waals surface area contributed by atoms with Crippen molar-refractivity contribution in [2.75, 3.05) is 11.1 Å². The number of aromatic nitrogens is 1. The van der Waals surface area contributed by atoms with Crippen LogP contribution in [0.4, 0.5) is 18.2 Å². The van der Waals surface area contributed by atoms with Crippen LogP contribution in [-0.4, -0.2) is 16.6 Å². The van der Waals surface area contributed by atoms with Crippen LogP contribution in [0.1, 0.15) is 39.2 Å². The Balaban J connectivity index is 1.76. The molecule has 0 saturated heterocycles. The van der Waals surface area contributed by atoms with Crippen LogP contribution >= 0.6 is 23.1 Å². The molecule has 2 aromatic rings. The van der Waals surface area contributed by atoms with Crippen molar-refractivity contribution in [3.8, 4) is 12.1 Å². The Kier molecular flexibility index (Phi) is 5.64. The van der Waals surface area contributed by atoms with Crippen molar-refractivity contribution in [2.45, 2.75) is 37.4 Å². The van der Waals surface area contributed by atoms with Gasteiger partial charge in [0.1, 0.15) is 27.9 Å². The molecule has 1 N–H and O–H groups in total. The van der Waals surface area contributed by atoms with Gasteiger partial charge in [0.25, 0.3) is 0 Å². The minimum atomic E-state index is -4.64. The second-order valence-corrected chi connectivity index (χ2v) is 8.19. The highest BCUT2D eigenvalue weighted by Crippen LogP contribution is 2.39. The summed E-state index contributed by atoms with van der Waals surface area (Å²) in [6, 6.07) is 4.76. The number of carbonyl (C=O) groups excluding carboxylic acids is 1. The lowest BCUT2D eigenvalue weighted by atomic mass is 10.1. The number of thioether (sulfide) groups is 1. The Bertz CT molecular complexity index is 1030. The fraction of sp³-hybridized carbons (Fsp3) is 0.333. The normalized spacial score (nSPS) is 12.9. The van der Waals surface area contributed by atoms with Crippen molar-refractivity contribution in [3.05, 3.63) is 38.9 Å². The van der Waals surface area contributed by atoms with Gasteiger partial charge in [-0.3, -0.25) is 4.79 Å². The second-order valence-electron chi connectivity index (χ2n) is 6.12. The molecule has 0 fully saturated rings. The SMILES string of the molecule is Cc1cc(C(F)(F)F)nc(SCC(=O)Nc2sc3c(c2C#N)CCC3)c1C#N. The van der Waals surface area contributed by atoms with E-state index >= 15 is 0 Å². The van der Waals surface area contributed by atoms with Gasteiger partial charge in [-0.1, -0.05) is 11.8 Å². The molecule has 10 heteroatoms. The van der Waals surface area contributed by atoms with Gasteiger partial charge in [-0.05, 0) is 43.4 Å². The Labute approximate surface area is 167 Å². The van der Waals surface area contributed by atoms with Gasteiger partial charge in [-0.2, -0.15) is 23.7 Å². The fourth-order valence-electron chi connectivity index (χ4n) is 2.94. The van der Waals surface area contributed by atoms with Crippen LogP contribution in [-0.2, 0) is 23.8 Å². The molecule has 0 spiro atoms. The van der Waals surface area contributed by atoms with Crippen LogP contribution in [0.2, 0.25) is 0 Å². The van der Waals surface area contributed by atoms with Crippen molar-refractivity contribution < 1.29 is 18.0 Å². The van der Waals surface area contributed by atoms with Gasteiger partial charge in [0.2, 0.25) is 5.91 Å². The molecule has 0 aromatic carbocycles. The first kappa shape index (κ1) is 20.2. The van der Waals surface area contributed by atoms with Crippen LogP contribution in [0.5, 0.6) is 0 Å². The lowest BCUT2D eigenvalue weighted by Crippen LogP contribution is -2.15. The number of nitriles is 2. The highest BCUT2D eigenvalue weighted by atomic mass is 32.2. The van der Waals surface area contributed by atoms with E-state index in [0.29, 0.717) is 10.6 Å². The molecule has 5 nitrogen and oxygen atoms in total. The molecule has 1 amide bonds. The molecule has 1 aliphatic rings. The maximum Gasteiger partial charge on any atom is 0.433 e. The van der Waals surface area contributed by atoms with Crippen molar-refractivity contribution in [2.24, 2.45) is 0 Å². The number of nitrogens with zero attached hydrogens (tertiary/aromatic N) is 3. The third-order valence-corrected chi connectivity index (χ3v) is 6.39.